The molecule has 21 heavy (non-hydrogen) atoms. The summed E-state index contributed by atoms with van der Waals surface area (Å²) in [6.45, 7) is 2.06. The number of aliphatic hydroxyl groups is 1. The highest BCUT2D eigenvalue weighted by Gasteiger charge is 2.37. The van der Waals surface area contributed by atoms with Gasteiger partial charge in [0.1, 0.15) is 12.3 Å². The van der Waals surface area contributed by atoms with Crippen LogP contribution in [-0.2, 0) is 0 Å². The molecule has 0 aromatic carbocycles. The first-order valence-electron chi connectivity index (χ1n) is 7.38. The zero-order valence-electron chi connectivity index (χ0n) is 11.9. The minimum absolute atomic E-state index is 0.115. The number of aliphatic hydroxyl groups excluding tert-OH is 1. The van der Waals surface area contributed by atoms with E-state index in [-0.39, 0.29) is 18.6 Å². The van der Waals surface area contributed by atoms with Crippen molar-refractivity contribution in [2.45, 2.75) is 31.3 Å². The lowest BCUT2D eigenvalue weighted by Crippen LogP contribution is -2.42. The van der Waals surface area contributed by atoms with Gasteiger partial charge in [0.05, 0.1) is 0 Å². The molecule has 0 radical (unpaired) electrons. The predicted molar refractivity (Wildman–Crippen MR) is 78.7 cm³/mol. The second-order valence-electron chi connectivity index (χ2n) is 5.51. The lowest BCUT2D eigenvalue weighted by molar-refractivity contribution is 0.0924. The van der Waals surface area contributed by atoms with Crippen LogP contribution in [0.2, 0.25) is 0 Å². The zero-order chi connectivity index (χ0) is 14.7. The molecule has 2 fully saturated rings. The fourth-order valence-electron chi connectivity index (χ4n) is 3.24. The Morgan fingerprint density at radius 2 is 2.33 bits per heavy atom. The van der Waals surface area contributed by atoms with Crippen molar-refractivity contribution in [1.29, 1.82) is 0 Å². The van der Waals surface area contributed by atoms with Gasteiger partial charge in [-0.1, -0.05) is 11.8 Å². The van der Waals surface area contributed by atoms with Crippen LogP contribution in [0.3, 0.4) is 0 Å². The van der Waals surface area contributed by atoms with Crippen LogP contribution in [0, 0.1) is 11.8 Å². The Balaban J connectivity index is 1.62. The molecule has 2 aliphatic rings. The fourth-order valence-corrected chi connectivity index (χ4v) is 3.24. The molecule has 2 saturated heterocycles. The summed E-state index contributed by atoms with van der Waals surface area (Å²) in [5.74, 6) is 5.20. The van der Waals surface area contributed by atoms with Gasteiger partial charge >= 0.3 is 0 Å². The number of amides is 1. The van der Waals surface area contributed by atoms with E-state index in [4.69, 9.17) is 5.11 Å². The lowest BCUT2D eigenvalue weighted by Gasteiger charge is -2.21. The van der Waals surface area contributed by atoms with Gasteiger partial charge in [-0.25, -0.2) is 4.98 Å². The van der Waals surface area contributed by atoms with Gasteiger partial charge in [0.15, 0.2) is 0 Å². The topological polar surface area (TPSA) is 65.5 Å². The van der Waals surface area contributed by atoms with E-state index < -0.39 is 0 Å². The van der Waals surface area contributed by atoms with Crippen molar-refractivity contribution in [3.63, 3.8) is 0 Å². The Morgan fingerprint density at radius 1 is 1.43 bits per heavy atom. The van der Waals surface area contributed by atoms with Crippen LogP contribution in [-0.4, -0.2) is 52.7 Å². The maximum Gasteiger partial charge on any atom is 0.270 e. The van der Waals surface area contributed by atoms with Crippen molar-refractivity contribution in [2.75, 3.05) is 19.7 Å². The number of pyridine rings is 1. The first-order chi connectivity index (χ1) is 10.3. The summed E-state index contributed by atoms with van der Waals surface area (Å²) in [6.07, 6.45) is 4.99. The number of hydrogen-bond acceptors (Lipinski definition) is 4. The molecule has 3 rings (SSSR count). The molecule has 0 spiro atoms. The molecule has 3 heterocycles. The molecule has 2 atom stereocenters. The first kappa shape index (κ1) is 14.1. The maximum atomic E-state index is 12.2. The van der Waals surface area contributed by atoms with E-state index in [0.717, 1.165) is 19.5 Å². The number of rotatable bonds is 2. The summed E-state index contributed by atoms with van der Waals surface area (Å²) in [5, 5.41) is 11.8. The molecule has 0 aliphatic carbocycles. The lowest BCUT2D eigenvalue weighted by atomic mass is 10.1. The van der Waals surface area contributed by atoms with E-state index >= 15 is 0 Å². The number of carbonyl (C=O) groups is 1. The SMILES string of the molecule is O=C(NC1CCN2CCCC12)c1ccc(C#CCO)cn1. The average Bonchev–Trinajstić information content (AvgIpc) is 3.10. The van der Waals surface area contributed by atoms with Gasteiger partial charge in [-0.2, -0.15) is 0 Å². The number of fused-ring (bicyclic) bond motifs is 1. The van der Waals surface area contributed by atoms with E-state index in [1.165, 1.54) is 12.8 Å². The van der Waals surface area contributed by atoms with Gasteiger partial charge in [0.2, 0.25) is 0 Å². The summed E-state index contributed by atoms with van der Waals surface area (Å²) in [5.41, 5.74) is 1.12. The van der Waals surface area contributed by atoms with Gasteiger partial charge in [-0.05, 0) is 37.9 Å². The Morgan fingerprint density at radius 3 is 3.10 bits per heavy atom. The Labute approximate surface area is 124 Å². The molecular formula is C16H19N3O2. The summed E-state index contributed by atoms with van der Waals surface area (Å²) in [6, 6.07) is 4.18. The Bertz CT molecular complexity index is 573. The molecule has 1 aromatic rings. The highest BCUT2D eigenvalue weighted by Crippen LogP contribution is 2.27. The molecule has 0 saturated carbocycles. The van der Waals surface area contributed by atoms with Crippen molar-refractivity contribution in [1.82, 2.24) is 15.2 Å². The zero-order valence-corrected chi connectivity index (χ0v) is 11.9. The molecule has 2 N–H and O–H groups in total. The second kappa shape index (κ2) is 6.25. The van der Waals surface area contributed by atoms with Crippen LogP contribution in [0.1, 0.15) is 35.3 Å². The number of nitrogens with zero attached hydrogens (tertiary/aromatic N) is 2. The van der Waals surface area contributed by atoms with Crippen LogP contribution in [0.4, 0.5) is 0 Å². The quantitative estimate of drug-likeness (QED) is 0.772. The molecule has 0 bridgehead atoms. The number of carbonyl (C=O) groups excluding carboxylic acids is 1. The minimum atomic E-state index is -0.179. The summed E-state index contributed by atoms with van der Waals surface area (Å²) in [4.78, 5) is 18.9. The molecule has 5 nitrogen and oxygen atoms in total. The second-order valence-corrected chi connectivity index (χ2v) is 5.51. The van der Waals surface area contributed by atoms with Crippen LogP contribution >= 0.6 is 0 Å². The van der Waals surface area contributed by atoms with E-state index in [1.54, 1.807) is 18.3 Å². The molecule has 2 aliphatic heterocycles. The standard InChI is InChI=1S/C16H19N3O2/c20-10-2-3-12-5-6-14(17-11-12)16(21)18-13-7-9-19-8-1-4-15(13)19/h5-6,11,13,15,20H,1,4,7-10H2,(H,18,21). The Hall–Kier alpha value is -1.90. The van der Waals surface area contributed by atoms with Crippen molar-refractivity contribution >= 4 is 5.91 Å². The molecular weight excluding hydrogens is 266 g/mol. The molecule has 1 aromatic heterocycles. The molecule has 5 heteroatoms. The van der Waals surface area contributed by atoms with E-state index in [0.29, 0.717) is 17.3 Å². The smallest absolute Gasteiger partial charge is 0.270 e. The maximum absolute atomic E-state index is 12.2. The van der Waals surface area contributed by atoms with Crippen LogP contribution < -0.4 is 5.32 Å². The first-order valence-corrected chi connectivity index (χ1v) is 7.38. The van der Waals surface area contributed by atoms with E-state index in [9.17, 15) is 4.79 Å². The predicted octanol–water partition coefficient (Wildman–Crippen LogP) is 0.392. The largest absolute Gasteiger partial charge is 0.384 e. The number of hydrogen-bond donors (Lipinski definition) is 2. The monoisotopic (exact) mass is 285 g/mol. The van der Waals surface area contributed by atoms with Gasteiger partial charge in [0.25, 0.3) is 5.91 Å². The van der Waals surface area contributed by atoms with Crippen LogP contribution in [0.25, 0.3) is 0 Å². The van der Waals surface area contributed by atoms with Crippen LogP contribution in [0.5, 0.6) is 0 Å². The number of aromatic nitrogens is 1. The van der Waals surface area contributed by atoms with Gasteiger partial charge in [0, 0.05) is 30.4 Å². The van der Waals surface area contributed by atoms with E-state index in [1.807, 2.05) is 0 Å². The summed E-state index contributed by atoms with van der Waals surface area (Å²) < 4.78 is 0. The third-order valence-electron chi connectivity index (χ3n) is 4.23. The average molecular weight is 285 g/mol. The van der Waals surface area contributed by atoms with Gasteiger partial charge in [-0.3, -0.25) is 9.69 Å². The summed E-state index contributed by atoms with van der Waals surface area (Å²) >= 11 is 0. The normalized spacial score (nSPS) is 24.2. The van der Waals surface area contributed by atoms with Crippen molar-refractivity contribution in [2.24, 2.45) is 0 Å². The minimum Gasteiger partial charge on any atom is -0.384 e. The number of nitrogens with one attached hydrogen (secondary N) is 1. The van der Waals surface area contributed by atoms with Crippen LogP contribution in [0.15, 0.2) is 18.3 Å². The highest BCUT2D eigenvalue weighted by atomic mass is 16.2. The van der Waals surface area contributed by atoms with Crippen molar-refractivity contribution in [3.05, 3.63) is 29.6 Å². The Kier molecular flexibility index (Phi) is 4.18. The molecule has 1 amide bonds. The summed E-state index contributed by atoms with van der Waals surface area (Å²) in [7, 11) is 0. The van der Waals surface area contributed by atoms with E-state index in [2.05, 4.69) is 27.0 Å². The fraction of sp³-hybridized carbons (Fsp3) is 0.500. The highest BCUT2D eigenvalue weighted by molar-refractivity contribution is 5.92. The van der Waals surface area contributed by atoms with Gasteiger partial charge in [-0.15, -0.1) is 0 Å². The van der Waals surface area contributed by atoms with Gasteiger partial charge < -0.3 is 10.4 Å². The molecule has 2 unspecified atom stereocenters. The van der Waals surface area contributed by atoms with Crippen molar-refractivity contribution in [3.8, 4) is 11.8 Å². The third kappa shape index (κ3) is 3.07. The van der Waals surface area contributed by atoms with Crippen molar-refractivity contribution < 1.29 is 9.90 Å². The third-order valence-corrected chi connectivity index (χ3v) is 4.23. The molecule has 110 valence electrons.